The minimum atomic E-state index is -0.425. The third-order valence-electron chi connectivity index (χ3n) is 6.96. The average Bonchev–Trinajstić information content (AvgIpc) is 2.54. The third kappa shape index (κ3) is 2.78. The monoisotopic (exact) mass is 360 g/mol. The SMILES string of the molecule is Cc1c([C@@H]2CC3C(C)(C)CCC[C@@]3(C)C(=O)O2)cc(C(C)C)c(O)c1O. The van der Waals surface area contributed by atoms with Gasteiger partial charge in [-0.25, -0.2) is 0 Å². The van der Waals surface area contributed by atoms with E-state index in [9.17, 15) is 15.0 Å². The molecule has 1 aliphatic carbocycles. The summed E-state index contributed by atoms with van der Waals surface area (Å²) < 4.78 is 5.92. The minimum absolute atomic E-state index is 0.0637. The van der Waals surface area contributed by atoms with Crippen LogP contribution in [0, 0.1) is 23.7 Å². The molecular weight excluding hydrogens is 328 g/mol. The van der Waals surface area contributed by atoms with E-state index < -0.39 is 5.41 Å². The van der Waals surface area contributed by atoms with Gasteiger partial charge in [-0.2, -0.15) is 0 Å². The minimum Gasteiger partial charge on any atom is -0.504 e. The van der Waals surface area contributed by atoms with Crippen LogP contribution in [-0.2, 0) is 9.53 Å². The normalized spacial score (nSPS) is 30.8. The molecule has 144 valence electrons. The van der Waals surface area contributed by atoms with Crippen molar-refractivity contribution in [3.05, 3.63) is 22.8 Å². The standard InChI is InChI=1S/C22H32O4/c1-12(2)14-10-15(13(3)18(23)19(14)24)16-11-17-21(4,5)8-7-9-22(17,6)20(25)26-16/h10,12,16-17,23-24H,7-9,11H2,1-6H3/t16-,17?,22+/m0/s1. The highest BCUT2D eigenvalue weighted by atomic mass is 16.5. The molecule has 2 fully saturated rings. The van der Waals surface area contributed by atoms with Crippen molar-refractivity contribution in [3.8, 4) is 11.5 Å². The number of ether oxygens (including phenoxy) is 1. The predicted molar refractivity (Wildman–Crippen MR) is 101 cm³/mol. The molecule has 4 nitrogen and oxygen atoms in total. The Balaban J connectivity index is 2.05. The van der Waals surface area contributed by atoms with Gasteiger partial charge in [-0.05, 0) is 62.0 Å². The van der Waals surface area contributed by atoms with Crippen LogP contribution in [0.4, 0.5) is 0 Å². The molecule has 1 aromatic carbocycles. The fourth-order valence-electron chi connectivity index (χ4n) is 5.23. The number of fused-ring (bicyclic) bond motifs is 1. The van der Waals surface area contributed by atoms with E-state index in [-0.39, 0.29) is 40.8 Å². The zero-order valence-corrected chi connectivity index (χ0v) is 16.8. The second kappa shape index (κ2) is 6.17. The molecule has 0 spiro atoms. The Hall–Kier alpha value is -1.71. The number of carbonyl (C=O) groups is 1. The second-order valence-electron chi connectivity index (χ2n) is 9.47. The van der Waals surface area contributed by atoms with E-state index >= 15 is 0 Å². The Morgan fingerprint density at radius 2 is 1.81 bits per heavy atom. The number of benzene rings is 1. The first-order valence-corrected chi connectivity index (χ1v) is 9.75. The van der Waals surface area contributed by atoms with Crippen LogP contribution < -0.4 is 0 Å². The van der Waals surface area contributed by atoms with Crippen LogP contribution in [0.2, 0.25) is 0 Å². The summed E-state index contributed by atoms with van der Waals surface area (Å²) in [6.07, 6.45) is 3.43. The Morgan fingerprint density at radius 1 is 1.15 bits per heavy atom. The Morgan fingerprint density at radius 3 is 2.42 bits per heavy atom. The fourth-order valence-corrected chi connectivity index (χ4v) is 5.23. The molecule has 2 aliphatic rings. The topological polar surface area (TPSA) is 66.8 Å². The van der Waals surface area contributed by atoms with E-state index in [4.69, 9.17) is 4.74 Å². The number of phenolic OH excluding ortho intramolecular Hbond substituents is 2. The van der Waals surface area contributed by atoms with Gasteiger partial charge in [-0.3, -0.25) is 4.79 Å². The van der Waals surface area contributed by atoms with Crippen LogP contribution in [0.15, 0.2) is 6.07 Å². The zero-order valence-electron chi connectivity index (χ0n) is 16.8. The maximum absolute atomic E-state index is 13.0. The van der Waals surface area contributed by atoms with Gasteiger partial charge in [0.2, 0.25) is 0 Å². The van der Waals surface area contributed by atoms with Crippen LogP contribution >= 0.6 is 0 Å². The van der Waals surface area contributed by atoms with E-state index in [1.165, 1.54) is 0 Å². The molecular formula is C22H32O4. The number of rotatable bonds is 2. The quantitative estimate of drug-likeness (QED) is 0.551. The summed E-state index contributed by atoms with van der Waals surface area (Å²) in [5.74, 6) is 0.0260. The maximum atomic E-state index is 13.0. The Bertz CT molecular complexity index is 734. The average molecular weight is 360 g/mol. The van der Waals surface area contributed by atoms with Crippen molar-refractivity contribution in [3.63, 3.8) is 0 Å². The maximum Gasteiger partial charge on any atom is 0.312 e. The van der Waals surface area contributed by atoms with Crippen molar-refractivity contribution in [2.75, 3.05) is 0 Å². The fraction of sp³-hybridized carbons (Fsp3) is 0.682. The molecule has 1 saturated carbocycles. The van der Waals surface area contributed by atoms with E-state index in [0.717, 1.165) is 31.2 Å². The van der Waals surface area contributed by atoms with Crippen molar-refractivity contribution in [1.82, 2.24) is 0 Å². The van der Waals surface area contributed by atoms with Crippen molar-refractivity contribution in [2.24, 2.45) is 16.7 Å². The molecule has 0 amide bonds. The second-order valence-corrected chi connectivity index (χ2v) is 9.47. The number of cyclic esters (lactones) is 1. The summed E-state index contributed by atoms with van der Waals surface area (Å²) in [6.45, 7) is 12.3. The number of phenols is 2. The summed E-state index contributed by atoms with van der Waals surface area (Å²) in [7, 11) is 0. The van der Waals surface area contributed by atoms with E-state index in [1.54, 1.807) is 6.92 Å². The van der Waals surface area contributed by atoms with Gasteiger partial charge in [0.05, 0.1) is 5.41 Å². The van der Waals surface area contributed by atoms with Gasteiger partial charge < -0.3 is 14.9 Å². The molecule has 0 bridgehead atoms. The van der Waals surface area contributed by atoms with Crippen LogP contribution in [0.5, 0.6) is 11.5 Å². The lowest BCUT2D eigenvalue weighted by Crippen LogP contribution is -2.51. The van der Waals surface area contributed by atoms with Crippen LogP contribution in [0.1, 0.15) is 89.0 Å². The molecule has 4 heteroatoms. The number of aromatic hydroxyl groups is 2. The molecule has 3 atom stereocenters. The van der Waals surface area contributed by atoms with E-state index in [2.05, 4.69) is 20.8 Å². The number of esters is 1. The van der Waals surface area contributed by atoms with Crippen LogP contribution in [-0.4, -0.2) is 16.2 Å². The molecule has 3 rings (SSSR count). The lowest BCUT2D eigenvalue weighted by Gasteiger charge is -2.53. The first-order valence-electron chi connectivity index (χ1n) is 9.75. The molecule has 26 heavy (non-hydrogen) atoms. The molecule has 1 heterocycles. The summed E-state index contributed by atoms with van der Waals surface area (Å²) in [5.41, 5.74) is 1.77. The van der Waals surface area contributed by atoms with Crippen LogP contribution in [0.3, 0.4) is 0 Å². The largest absolute Gasteiger partial charge is 0.504 e. The number of hydrogen-bond acceptors (Lipinski definition) is 4. The van der Waals surface area contributed by atoms with Crippen molar-refractivity contribution < 1.29 is 19.7 Å². The predicted octanol–water partition coefficient (Wildman–Crippen LogP) is 5.35. The molecule has 0 aromatic heterocycles. The lowest BCUT2D eigenvalue weighted by atomic mass is 9.54. The van der Waals surface area contributed by atoms with Crippen LogP contribution in [0.25, 0.3) is 0 Å². The highest BCUT2D eigenvalue weighted by molar-refractivity contribution is 5.78. The number of carbonyl (C=O) groups excluding carboxylic acids is 1. The van der Waals surface area contributed by atoms with Crippen molar-refractivity contribution in [1.29, 1.82) is 0 Å². The summed E-state index contributed by atoms with van der Waals surface area (Å²) in [5, 5.41) is 20.7. The zero-order chi connectivity index (χ0) is 19.4. The first-order chi connectivity index (χ1) is 12.0. The number of hydrogen-bond donors (Lipinski definition) is 2. The first kappa shape index (κ1) is 19.1. The van der Waals surface area contributed by atoms with Gasteiger partial charge in [0.15, 0.2) is 11.5 Å². The summed E-state index contributed by atoms with van der Waals surface area (Å²) in [4.78, 5) is 13.0. The van der Waals surface area contributed by atoms with Gasteiger partial charge in [0.1, 0.15) is 6.10 Å². The lowest BCUT2D eigenvalue weighted by molar-refractivity contribution is -0.190. The summed E-state index contributed by atoms with van der Waals surface area (Å²) >= 11 is 0. The van der Waals surface area contributed by atoms with E-state index in [1.807, 2.05) is 19.9 Å². The smallest absolute Gasteiger partial charge is 0.312 e. The van der Waals surface area contributed by atoms with Crippen molar-refractivity contribution in [2.45, 2.75) is 79.2 Å². The van der Waals surface area contributed by atoms with Gasteiger partial charge in [-0.1, -0.05) is 34.1 Å². The van der Waals surface area contributed by atoms with Gasteiger partial charge in [-0.15, -0.1) is 0 Å². The van der Waals surface area contributed by atoms with Crippen molar-refractivity contribution >= 4 is 5.97 Å². The van der Waals surface area contributed by atoms with Gasteiger partial charge in [0, 0.05) is 11.1 Å². The molecule has 2 N–H and O–H groups in total. The van der Waals surface area contributed by atoms with Gasteiger partial charge in [0.25, 0.3) is 0 Å². The Kier molecular flexibility index (Phi) is 4.53. The third-order valence-corrected chi connectivity index (χ3v) is 6.96. The molecule has 1 unspecified atom stereocenters. The highest BCUT2D eigenvalue weighted by Crippen LogP contribution is 2.58. The highest BCUT2D eigenvalue weighted by Gasteiger charge is 2.56. The summed E-state index contributed by atoms with van der Waals surface area (Å²) in [6, 6.07) is 1.91. The van der Waals surface area contributed by atoms with Gasteiger partial charge >= 0.3 is 5.97 Å². The molecule has 0 radical (unpaired) electrons. The molecule has 1 saturated heterocycles. The Labute approximate surface area is 156 Å². The van der Waals surface area contributed by atoms with E-state index in [0.29, 0.717) is 11.1 Å². The molecule has 1 aliphatic heterocycles. The molecule has 1 aromatic rings.